The Morgan fingerprint density at radius 2 is 0.859 bits per heavy atom. The number of nitrogens with zero attached hydrogens (tertiary/aromatic N) is 7. The van der Waals surface area contributed by atoms with Gasteiger partial charge in [0.15, 0.2) is 30.6 Å². The van der Waals surface area contributed by atoms with Gasteiger partial charge in [-0.1, -0.05) is 46.4 Å². The van der Waals surface area contributed by atoms with Gasteiger partial charge in [-0.25, -0.2) is 35.0 Å². The Morgan fingerprint density at radius 3 is 1.21 bits per heavy atom. The average molecular weight is 1100 g/mol. The van der Waals surface area contributed by atoms with Crippen molar-refractivity contribution in [1.82, 2.24) is 35.0 Å². The zero-order chi connectivity index (χ0) is 51.0. The first-order valence-electron chi connectivity index (χ1n) is 20.5. The van der Waals surface area contributed by atoms with Crippen LogP contribution in [0.2, 0.25) is 20.6 Å². The Bertz CT molecular complexity index is 3290. The maximum absolute atomic E-state index is 10.8. The lowest BCUT2D eigenvalue weighted by Crippen LogP contribution is -2.12. The van der Waals surface area contributed by atoms with E-state index in [1.165, 1.54) is 33.1 Å². The molecule has 4 aromatic carbocycles. The monoisotopic (exact) mass is 1100 g/mol. The predicted molar refractivity (Wildman–Crippen MR) is 278 cm³/mol. The van der Waals surface area contributed by atoms with Crippen molar-refractivity contribution in [2.75, 3.05) is 42.6 Å². The molecule has 21 heteroatoms. The molecule has 1 amide bonds. The van der Waals surface area contributed by atoms with E-state index in [4.69, 9.17) is 74.2 Å². The van der Waals surface area contributed by atoms with Crippen LogP contribution in [0.4, 0.5) is 0 Å². The molecule has 0 unspecified atom stereocenters. The molecule has 71 heavy (non-hydrogen) atoms. The van der Waals surface area contributed by atoms with Crippen molar-refractivity contribution < 1.29 is 42.2 Å². The molecule has 6 aromatic heterocycles. The van der Waals surface area contributed by atoms with Crippen LogP contribution in [-0.4, -0.2) is 90.3 Å². The Kier molecular flexibility index (Phi) is 19.2. The quantitative estimate of drug-likeness (QED) is 0.0754. The number of fused-ring (bicyclic) bond motifs is 4. The molecule has 0 N–H and O–H groups in total. The molecule has 364 valence electrons. The number of carbonyl (C=O) groups excluding carboxylic acids is 2. The summed E-state index contributed by atoms with van der Waals surface area (Å²) >= 11 is 27.5. The molecule has 10 aromatic rings. The van der Waals surface area contributed by atoms with Crippen molar-refractivity contribution in [2.24, 2.45) is 0 Å². The van der Waals surface area contributed by atoms with Gasteiger partial charge in [-0.3, -0.25) is 14.4 Å². The van der Waals surface area contributed by atoms with Crippen LogP contribution in [-0.2, 0) is 9.63 Å². The minimum Gasteiger partial charge on any atom is -0.497 e. The molecule has 0 bridgehead atoms. The standard InChI is InChI=1S/2C13H9ClN2O2.C11H8ClNO2.C10H7BrClNO.C3H7NO2/c2*1-17-8-2-3-9-10(4-8)11(5-16-13(9)14)12-6-15-7-18-12;1-15-8-2-3-9-10(4-8)7(6-14)5-13-11(9)12;1-14-6-2-3-7-8(4-6)9(11)5-13-10(7)12;1-4(3-5)6-2/h2*2-7H,1H3;2-6H,1H3;2-5H,1H3;3H,1-2H3. The van der Waals surface area contributed by atoms with Gasteiger partial charge >= 0.3 is 0 Å². The van der Waals surface area contributed by atoms with Crippen molar-refractivity contribution in [3.8, 4) is 45.6 Å². The summed E-state index contributed by atoms with van der Waals surface area (Å²) in [5.74, 6) is 4.30. The summed E-state index contributed by atoms with van der Waals surface area (Å²) in [6.07, 6.45) is 13.9. The van der Waals surface area contributed by atoms with E-state index in [-0.39, 0.29) is 0 Å². The molecule has 6 heterocycles. The normalized spacial score (nSPS) is 10.4. The fourth-order valence-electron chi connectivity index (χ4n) is 6.47. The third-order valence-corrected chi connectivity index (χ3v) is 12.0. The average Bonchev–Trinajstić information content (AvgIpc) is 4.17. The number of carbonyl (C=O) groups is 2. The molecule has 0 fully saturated rings. The highest BCUT2D eigenvalue weighted by molar-refractivity contribution is 9.10. The Hall–Kier alpha value is -7.12. The summed E-state index contributed by atoms with van der Waals surface area (Å²) in [5.41, 5.74) is 2.19. The second kappa shape index (κ2) is 25.7. The van der Waals surface area contributed by atoms with Crippen molar-refractivity contribution in [3.05, 3.63) is 153 Å². The third-order valence-electron chi connectivity index (χ3n) is 10.1. The van der Waals surface area contributed by atoms with Gasteiger partial charge < -0.3 is 27.8 Å². The molecule has 0 aliphatic rings. The van der Waals surface area contributed by atoms with Gasteiger partial charge in [0.05, 0.1) is 47.9 Å². The van der Waals surface area contributed by atoms with E-state index in [0.29, 0.717) is 49.9 Å². The number of aromatic nitrogens is 6. The Morgan fingerprint density at radius 1 is 0.493 bits per heavy atom. The summed E-state index contributed by atoms with van der Waals surface area (Å²) in [5, 5.41) is 9.85. The van der Waals surface area contributed by atoms with Crippen LogP contribution in [0.15, 0.2) is 136 Å². The van der Waals surface area contributed by atoms with Gasteiger partial charge in [-0.15, -0.1) is 0 Å². The second-order valence-corrected chi connectivity index (χ2v) is 16.4. The molecule has 0 saturated heterocycles. The van der Waals surface area contributed by atoms with Crippen LogP contribution in [0, 0.1) is 0 Å². The predicted octanol–water partition coefficient (Wildman–Crippen LogP) is 13.1. The van der Waals surface area contributed by atoms with Gasteiger partial charge in [-0.05, 0) is 88.7 Å². The number of ether oxygens (including phenoxy) is 4. The first kappa shape index (κ1) is 53.2. The van der Waals surface area contributed by atoms with Crippen LogP contribution in [0.1, 0.15) is 10.4 Å². The van der Waals surface area contributed by atoms with Crippen LogP contribution in [0.3, 0.4) is 0 Å². The van der Waals surface area contributed by atoms with E-state index in [9.17, 15) is 9.59 Å². The lowest BCUT2D eigenvalue weighted by Gasteiger charge is -2.07. The minimum absolute atomic E-state index is 0.387. The topological polar surface area (TPSA) is 187 Å². The van der Waals surface area contributed by atoms with Gasteiger partial charge in [0.25, 0.3) is 0 Å². The zero-order valence-corrected chi connectivity index (χ0v) is 43.0. The molecule has 0 aliphatic carbocycles. The van der Waals surface area contributed by atoms with E-state index in [2.05, 4.69) is 50.7 Å². The van der Waals surface area contributed by atoms with E-state index >= 15 is 0 Å². The maximum Gasteiger partial charge on any atom is 0.233 e. The van der Waals surface area contributed by atoms with E-state index in [1.54, 1.807) is 77.6 Å². The maximum atomic E-state index is 10.8. The molecule has 16 nitrogen and oxygen atoms in total. The molecule has 0 aliphatic heterocycles. The number of pyridine rings is 4. The van der Waals surface area contributed by atoms with Gasteiger partial charge in [0, 0.05) is 96.1 Å². The summed E-state index contributed by atoms with van der Waals surface area (Å²) in [4.78, 5) is 48.8. The molecule has 0 spiro atoms. The highest BCUT2D eigenvalue weighted by atomic mass is 79.9. The number of benzene rings is 4. The largest absolute Gasteiger partial charge is 0.497 e. The minimum atomic E-state index is 0.387. The summed E-state index contributed by atoms with van der Waals surface area (Å²) in [7, 11) is 9.40. The first-order chi connectivity index (χ1) is 34.4. The van der Waals surface area contributed by atoms with Crippen LogP contribution >= 0.6 is 62.3 Å². The number of hydroxylamine groups is 2. The molecule has 10 rings (SSSR count). The number of hydrogen-bond acceptors (Lipinski definition) is 15. The van der Waals surface area contributed by atoms with Crippen LogP contribution < -0.4 is 18.9 Å². The molecule has 0 saturated carbocycles. The Labute approximate surface area is 434 Å². The zero-order valence-electron chi connectivity index (χ0n) is 38.4. The van der Waals surface area contributed by atoms with Crippen LogP contribution in [0.5, 0.6) is 23.0 Å². The fraction of sp³-hybridized carbons (Fsp3) is 0.120. The highest BCUT2D eigenvalue weighted by Crippen LogP contribution is 2.36. The summed E-state index contributed by atoms with van der Waals surface area (Å²) < 4.78 is 32.2. The fourth-order valence-corrected chi connectivity index (χ4v) is 7.75. The smallest absolute Gasteiger partial charge is 0.233 e. The van der Waals surface area contributed by atoms with E-state index in [1.807, 2.05) is 54.6 Å². The lowest BCUT2D eigenvalue weighted by molar-refractivity contribution is -0.153. The number of aldehydes is 1. The Balaban J connectivity index is 0.000000150. The lowest BCUT2D eigenvalue weighted by atomic mass is 10.1. The number of amides is 1. The number of rotatable bonds is 9. The van der Waals surface area contributed by atoms with Gasteiger partial charge in [0.2, 0.25) is 6.41 Å². The second-order valence-electron chi connectivity index (χ2n) is 14.2. The van der Waals surface area contributed by atoms with Crippen molar-refractivity contribution in [1.29, 1.82) is 0 Å². The summed E-state index contributed by atoms with van der Waals surface area (Å²) in [6, 6.07) is 22.3. The van der Waals surface area contributed by atoms with E-state index in [0.717, 1.165) is 87.3 Å². The number of hydrogen-bond donors (Lipinski definition) is 0. The van der Waals surface area contributed by atoms with Crippen LogP contribution in [0.25, 0.3) is 65.7 Å². The van der Waals surface area contributed by atoms with E-state index < -0.39 is 0 Å². The van der Waals surface area contributed by atoms with Crippen molar-refractivity contribution in [2.45, 2.75) is 0 Å². The van der Waals surface area contributed by atoms with Gasteiger partial charge in [0.1, 0.15) is 43.6 Å². The molecule has 0 radical (unpaired) electrons. The highest BCUT2D eigenvalue weighted by Gasteiger charge is 2.13. The van der Waals surface area contributed by atoms with Crippen molar-refractivity contribution in [3.63, 3.8) is 0 Å². The number of oxazole rings is 2. The number of halogens is 5. The molecule has 0 atom stereocenters. The number of methoxy groups -OCH3 is 4. The molecular formula is C50H40BrCl4N7O9. The van der Waals surface area contributed by atoms with Gasteiger partial charge in [-0.2, -0.15) is 0 Å². The first-order valence-corrected chi connectivity index (χ1v) is 22.8. The summed E-state index contributed by atoms with van der Waals surface area (Å²) in [6.45, 7) is 0. The third kappa shape index (κ3) is 13.2. The van der Waals surface area contributed by atoms with Crippen molar-refractivity contribution >= 4 is 118 Å². The molecular weight excluding hydrogens is 1060 g/mol. The SMILES string of the molecule is CON(C)C=O.COc1ccc2c(Cl)ncc(-c3cnco3)c2c1.COc1ccc2c(Cl)ncc(-c3cnco3)c2c1.COc1ccc2c(Cl)ncc(Br)c2c1.COc1ccc2c(Cl)ncc(C=O)c2c1.